The van der Waals surface area contributed by atoms with Crippen LogP contribution in [0.4, 0.5) is 0 Å². The van der Waals surface area contributed by atoms with Crippen LogP contribution in [0.25, 0.3) is 0 Å². The summed E-state index contributed by atoms with van der Waals surface area (Å²) >= 11 is 9.15. The van der Waals surface area contributed by atoms with Crippen LogP contribution in [-0.4, -0.2) is 22.5 Å². The third-order valence-corrected chi connectivity index (χ3v) is 5.08. The summed E-state index contributed by atoms with van der Waals surface area (Å²) in [4.78, 5) is 24.2. The maximum atomic E-state index is 12.5. The molecule has 1 aromatic carbocycles. The summed E-state index contributed by atoms with van der Waals surface area (Å²) in [5.41, 5.74) is -0.799. The third-order valence-electron chi connectivity index (χ3n) is 4.19. The number of amides is 1. The van der Waals surface area contributed by atoms with Gasteiger partial charge in [0.2, 0.25) is 0 Å². The van der Waals surface area contributed by atoms with E-state index in [0.29, 0.717) is 21.5 Å². The molecule has 2 atom stereocenters. The SMILES string of the molecule is CC1CCCCC1(NC(=O)c1ccc(Cl)cc1Br)C(=O)O. The van der Waals surface area contributed by atoms with Crippen LogP contribution in [0.15, 0.2) is 22.7 Å². The van der Waals surface area contributed by atoms with Gasteiger partial charge in [-0.15, -0.1) is 0 Å². The fourth-order valence-corrected chi connectivity index (χ4v) is 3.71. The zero-order chi connectivity index (χ0) is 15.6. The normalized spacial score (nSPS) is 25.4. The molecule has 1 amide bonds. The third kappa shape index (κ3) is 3.24. The molecule has 0 bridgehead atoms. The molecule has 0 saturated heterocycles. The molecule has 6 heteroatoms. The Morgan fingerprint density at radius 3 is 2.71 bits per heavy atom. The minimum atomic E-state index is -1.19. The summed E-state index contributed by atoms with van der Waals surface area (Å²) in [7, 11) is 0. The fourth-order valence-electron chi connectivity index (χ4n) is 2.85. The van der Waals surface area contributed by atoms with E-state index in [9.17, 15) is 14.7 Å². The second-order valence-corrected chi connectivity index (χ2v) is 6.79. The Morgan fingerprint density at radius 2 is 2.14 bits per heavy atom. The quantitative estimate of drug-likeness (QED) is 0.844. The number of aliphatic carboxylic acids is 1. The molecule has 0 aliphatic heterocycles. The molecular formula is C15H17BrClNO3. The number of hydrogen-bond acceptors (Lipinski definition) is 2. The van der Waals surface area contributed by atoms with Gasteiger partial charge in [0.25, 0.3) is 5.91 Å². The topological polar surface area (TPSA) is 66.4 Å². The van der Waals surface area contributed by atoms with Crippen LogP contribution in [0.5, 0.6) is 0 Å². The average molecular weight is 375 g/mol. The molecule has 114 valence electrons. The van der Waals surface area contributed by atoms with Gasteiger partial charge in [-0.25, -0.2) is 4.79 Å². The van der Waals surface area contributed by atoms with Crippen molar-refractivity contribution in [2.45, 2.75) is 38.1 Å². The number of carboxylic acids is 1. The van der Waals surface area contributed by atoms with Gasteiger partial charge in [-0.3, -0.25) is 4.79 Å². The minimum Gasteiger partial charge on any atom is -0.479 e. The van der Waals surface area contributed by atoms with Gasteiger partial charge in [-0.1, -0.05) is 31.4 Å². The average Bonchev–Trinajstić information content (AvgIpc) is 2.41. The number of hydrogen-bond donors (Lipinski definition) is 2. The first-order chi connectivity index (χ1) is 9.86. The van der Waals surface area contributed by atoms with Crippen molar-refractivity contribution >= 4 is 39.4 Å². The highest BCUT2D eigenvalue weighted by molar-refractivity contribution is 9.10. The number of benzene rings is 1. The summed E-state index contributed by atoms with van der Waals surface area (Å²) < 4.78 is 0.552. The summed E-state index contributed by atoms with van der Waals surface area (Å²) in [6.07, 6.45) is 3.06. The van der Waals surface area contributed by atoms with E-state index in [2.05, 4.69) is 21.2 Å². The standard InChI is InChI=1S/C15H17BrClNO3/c1-9-4-2-3-7-15(9,14(20)21)18-13(19)11-6-5-10(17)8-12(11)16/h5-6,8-9H,2-4,7H2,1H3,(H,18,19)(H,20,21). The van der Waals surface area contributed by atoms with Gasteiger partial charge in [0.1, 0.15) is 5.54 Å². The van der Waals surface area contributed by atoms with Crippen LogP contribution in [0, 0.1) is 5.92 Å². The van der Waals surface area contributed by atoms with Crippen LogP contribution in [-0.2, 0) is 4.79 Å². The first-order valence-corrected chi connectivity index (χ1v) is 8.05. The highest BCUT2D eigenvalue weighted by Gasteiger charge is 2.46. The van der Waals surface area contributed by atoms with E-state index in [-0.39, 0.29) is 5.92 Å². The molecule has 1 fully saturated rings. The summed E-state index contributed by atoms with van der Waals surface area (Å²) in [5.74, 6) is -1.46. The summed E-state index contributed by atoms with van der Waals surface area (Å²) in [6.45, 7) is 1.88. The van der Waals surface area contributed by atoms with Crippen molar-refractivity contribution in [3.8, 4) is 0 Å². The van der Waals surface area contributed by atoms with Crippen LogP contribution in [0.2, 0.25) is 5.02 Å². The van der Waals surface area contributed by atoms with Crippen LogP contribution in [0.1, 0.15) is 43.0 Å². The van der Waals surface area contributed by atoms with Crippen molar-refractivity contribution < 1.29 is 14.7 Å². The lowest BCUT2D eigenvalue weighted by molar-refractivity contribution is -0.148. The molecule has 1 aromatic rings. The molecule has 0 radical (unpaired) electrons. The van der Waals surface area contributed by atoms with Crippen molar-refractivity contribution in [2.75, 3.05) is 0 Å². The zero-order valence-corrected chi connectivity index (χ0v) is 14.0. The second kappa shape index (κ2) is 6.36. The van der Waals surface area contributed by atoms with Gasteiger partial charge >= 0.3 is 5.97 Å². The van der Waals surface area contributed by atoms with Crippen molar-refractivity contribution in [1.29, 1.82) is 0 Å². The molecule has 1 saturated carbocycles. The lowest BCUT2D eigenvalue weighted by atomic mass is 9.73. The molecule has 0 spiro atoms. The van der Waals surface area contributed by atoms with E-state index in [0.717, 1.165) is 19.3 Å². The largest absolute Gasteiger partial charge is 0.479 e. The van der Waals surface area contributed by atoms with Gasteiger partial charge in [0.05, 0.1) is 5.56 Å². The van der Waals surface area contributed by atoms with Gasteiger partial charge in [-0.2, -0.15) is 0 Å². The lowest BCUT2D eigenvalue weighted by Gasteiger charge is -2.39. The molecule has 2 rings (SSSR count). The molecule has 2 N–H and O–H groups in total. The molecule has 1 aliphatic rings. The molecule has 0 aromatic heterocycles. The number of carboxylic acid groups (broad SMARTS) is 1. The number of rotatable bonds is 3. The Kier molecular flexibility index (Phi) is 4.94. The molecule has 2 unspecified atom stereocenters. The van der Waals surface area contributed by atoms with E-state index >= 15 is 0 Å². The maximum Gasteiger partial charge on any atom is 0.329 e. The number of carbonyl (C=O) groups excluding carboxylic acids is 1. The van der Waals surface area contributed by atoms with E-state index < -0.39 is 17.4 Å². The number of nitrogens with one attached hydrogen (secondary N) is 1. The predicted molar refractivity (Wildman–Crippen MR) is 84.6 cm³/mol. The van der Waals surface area contributed by atoms with Crippen molar-refractivity contribution in [3.05, 3.63) is 33.3 Å². The molecular weight excluding hydrogens is 358 g/mol. The van der Waals surface area contributed by atoms with E-state index in [1.54, 1.807) is 18.2 Å². The van der Waals surface area contributed by atoms with Gasteiger partial charge in [-0.05, 0) is 52.9 Å². The maximum absolute atomic E-state index is 12.5. The Labute approximate surface area is 137 Å². The smallest absolute Gasteiger partial charge is 0.329 e. The van der Waals surface area contributed by atoms with E-state index in [1.807, 2.05) is 6.92 Å². The number of halogens is 2. The molecule has 21 heavy (non-hydrogen) atoms. The fraction of sp³-hybridized carbons (Fsp3) is 0.467. The monoisotopic (exact) mass is 373 g/mol. The van der Waals surface area contributed by atoms with Crippen LogP contribution >= 0.6 is 27.5 Å². The van der Waals surface area contributed by atoms with Gasteiger partial charge in [0, 0.05) is 9.50 Å². The first-order valence-electron chi connectivity index (χ1n) is 6.88. The zero-order valence-electron chi connectivity index (χ0n) is 11.7. The van der Waals surface area contributed by atoms with Crippen LogP contribution < -0.4 is 5.32 Å². The van der Waals surface area contributed by atoms with Crippen molar-refractivity contribution in [2.24, 2.45) is 5.92 Å². The predicted octanol–water partition coefficient (Wildman–Crippen LogP) is 3.87. The lowest BCUT2D eigenvalue weighted by Crippen LogP contribution is -2.60. The Morgan fingerprint density at radius 1 is 1.43 bits per heavy atom. The molecule has 0 heterocycles. The van der Waals surface area contributed by atoms with Gasteiger partial charge in [0.15, 0.2) is 0 Å². The van der Waals surface area contributed by atoms with Crippen molar-refractivity contribution in [3.63, 3.8) is 0 Å². The minimum absolute atomic E-state index is 0.0984. The molecule has 1 aliphatic carbocycles. The van der Waals surface area contributed by atoms with Gasteiger partial charge < -0.3 is 10.4 Å². The van der Waals surface area contributed by atoms with Crippen molar-refractivity contribution in [1.82, 2.24) is 5.32 Å². The van der Waals surface area contributed by atoms with E-state index in [1.165, 1.54) is 0 Å². The molecule has 4 nitrogen and oxygen atoms in total. The first kappa shape index (κ1) is 16.3. The summed E-state index contributed by atoms with van der Waals surface area (Å²) in [5, 5.41) is 12.9. The van der Waals surface area contributed by atoms with Crippen LogP contribution in [0.3, 0.4) is 0 Å². The second-order valence-electron chi connectivity index (χ2n) is 5.50. The number of carbonyl (C=O) groups is 2. The Balaban J connectivity index is 2.28. The highest BCUT2D eigenvalue weighted by Crippen LogP contribution is 2.34. The Bertz CT molecular complexity index is 578. The highest BCUT2D eigenvalue weighted by atomic mass is 79.9. The Hall–Kier alpha value is -1.07. The summed E-state index contributed by atoms with van der Waals surface area (Å²) in [6, 6.07) is 4.82. The van der Waals surface area contributed by atoms with E-state index in [4.69, 9.17) is 11.6 Å².